The van der Waals surface area contributed by atoms with E-state index >= 15 is 0 Å². The van der Waals surface area contributed by atoms with Gasteiger partial charge in [0.2, 0.25) is 0 Å². The van der Waals surface area contributed by atoms with E-state index in [1.807, 2.05) is 6.07 Å². The number of piperidine rings is 1. The molecular weight excluding hydrogens is 266 g/mol. The van der Waals surface area contributed by atoms with Crippen molar-refractivity contribution in [2.24, 2.45) is 5.92 Å². The first-order chi connectivity index (χ1) is 10.3. The zero-order chi connectivity index (χ0) is 14.2. The topological polar surface area (TPSA) is 47.6 Å². The van der Waals surface area contributed by atoms with Gasteiger partial charge in [-0.3, -0.25) is 4.79 Å². The molecule has 110 valence electrons. The van der Waals surface area contributed by atoms with E-state index in [2.05, 4.69) is 11.4 Å². The summed E-state index contributed by atoms with van der Waals surface area (Å²) in [6.45, 7) is 0.977. The average Bonchev–Trinajstić information content (AvgIpc) is 2.83. The van der Waals surface area contributed by atoms with Crippen molar-refractivity contribution in [3.8, 4) is 11.5 Å². The van der Waals surface area contributed by atoms with Crippen LogP contribution in [-0.4, -0.2) is 31.6 Å². The number of hydrogen-bond donors (Lipinski definition) is 1. The quantitative estimate of drug-likeness (QED) is 0.851. The van der Waals surface area contributed by atoms with Crippen LogP contribution in [0.2, 0.25) is 0 Å². The fraction of sp³-hybridized carbons (Fsp3) is 0.588. The van der Waals surface area contributed by atoms with Crippen LogP contribution >= 0.6 is 0 Å². The molecule has 0 unspecified atom stereocenters. The summed E-state index contributed by atoms with van der Waals surface area (Å²) in [5, 5.41) is 3.67. The van der Waals surface area contributed by atoms with Gasteiger partial charge >= 0.3 is 0 Å². The lowest BCUT2D eigenvalue weighted by Gasteiger charge is -2.54. The zero-order valence-corrected chi connectivity index (χ0v) is 12.1. The molecule has 4 nitrogen and oxygen atoms in total. The van der Waals surface area contributed by atoms with Crippen molar-refractivity contribution in [2.45, 2.75) is 43.2 Å². The lowest BCUT2D eigenvalue weighted by molar-refractivity contribution is -0.135. The SMILES string of the molecule is COc1ccc2c3c1O[C@H]1C(=O)CC[C@H]4[C@@H](C2)NCC[C@]314. The van der Waals surface area contributed by atoms with Gasteiger partial charge in [-0.1, -0.05) is 6.07 Å². The molecule has 1 spiro atoms. The Bertz CT molecular complexity index is 656. The van der Waals surface area contributed by atoms with Gasteiger partial charge in [0, 0.05) is 23.4 Å². The summed E-state index contributed by atoms with van der Waals surface area (Å²) in [5.74, 6) is 2.43. The molecule has 0 radical (unpaired) electrons. The largest absolute Gasteiger partial charge is 0.493 e. The second-order valence-corrected chi connectivity index (χ2v) is 6.80. The van der Waals surface area contributed by atoms with Crippen LogP contribution in [0.3, 0.4) is 0 Å². The maximum atomic E-state index is 12.5. The standard InChI is InChI=1S/C17H19NO3/c1-20-13-5-2-9-8-11-10-3-4-12(19)16-17(10,6-7-18-11)14(9)15(13)21-16/h2,5,10-11,16,18H,3-4,6-8H2,1H3/t10-,11+,16-,17-/m0/s1. The van der Waals surface area contributed by atoms with Gasteiger partial charge in [-0.2, -0.15) is 0 Å². The Balaban J connectivity index is 1.83. The lowest BCUT2D eigenvalue weighted by atomic mass is 9.52. The van der Waals surface area contributed by atoms with E-state index < -0.39 is 0 Å². The molecule has 2 fully saturated rings. The molecule has 5 rings (SSSR count). The molecule has 2 bridgehead atoms. The fourth-order valence-corrected chi connectivity index (χ4v) is 5.40. The molecule has 1 saturated heterocycles. The summed E-state index contributed by atoms with van der Waals surface area (Å²) in [5.41, 5.74) is 2.54. The number of nitrogens with one attached hydrogen (secondary N) is 1. The maximum Gasteiger partial charge on any atom is 0.174 e. The molecule has 1 aromatic rings. The lowest BCUT2D eigenvalue weighted by Crippen LogP contribution is -2.65. The molecule has 0 amide bonds. The zero-order valence-electron chi connectivity index (χ0n) is 12.1. The highest BCUT2D eigenvalue weighted by atomic mass is 16.5. The summed E-state index contributed by atoms with van der Waals surface area (Å²) >= 11 is 0. The van der Waals surface area contributed by atoms with Gasteiger partial charge in [-0.15, -0.1) is 0 Å². The Kier molecular flexibility index (Phi) is 2.18. The van der Waals surface area contributed by atoms with E-state index in [1.54, 1.807) is 7.11 Å². The van der Waals surface area contributed by atoms with E-state index in [9.17, 15) is 4.79 Å². The third-order valence-corrected chi connectivity index (χ3v) is 6.12. The third kappa shape index (κ3) is 1.24. The molecule has 4 atom stereocenters. The van der Waals surface area contributed by atoms with Crippen LogP contribution in [0.25, 0.3) is 0 Å². The number of ether oxygens (including phenoxy) is 2. The minimum atomic E-state index is -0.286. The second-order valence-electron chi connectivity index (χ2n) is 6.80. The number of benzene rings is 1. The summed E-state index contributed by atoms with van der Waals surface area (Å²) < 4.78 is 11.7. The van der Waals surface area contributed by atoms with Crippen LogP contribution in [0.5, 0.6) is 11.5 Å². The molecule has 2 aliphatic heterocycles. The van der Waals surface area contributed by atoms with Crippen molar-refractivity contribution >= 4 is 5.78 Å². The molecule has 21 heavy (non-hydrogen) atoms. The summed E-state index contributed by atoms with van der Waals surface area (Å²) in [6, 6.07) is 4.65. The maximum absolute atomic E-state index is 12.5. The number of carbonyl (C=O) groups is 1. The van der Waals surface area contributed by atoms with Gasteiger partial charge < -0.3 is 14.8 Å². The van der Waals surface area contributed by atoms with Crippen molar-refractivity contribution in [1.29, 1.82) is 0 Å². The molecule has 0 aromatic heterocycles. The summed E-state index contributed by atoms with van der Waals surface area (Å²) in [6.07, 6.45) is 3.40. The highest BCUT2D eigenvalue weighted by Gasteiger charge is 2.64. The molecule has 2 aliphatic carbocycles. The molecule has 1 saturated carbocycles. The van der Waals surface area contributed by atoms with Crippen molar-refractivity contribution in [2.75, 3.05) is 13.7 Å². The van der Waals surface area contributed by atoms with Crippen molar-refractivity contribution in [3.05, 3.63) is 23.3 Å². The molecule has 4 aliphatic rings. The minimum Gasteiger partial charge on any atom is -0.493 e. The van der Waals surface area contributed by atoms with Gasteiger partial charge in [0.15, 0.2) is 23.4 Å². The van der Waals surface area contributed by atoms with Crippen LogP contribution in [0, 0.1) is 5.92 Å². The Morgan fingerprint density at radius 1 is 1.43 bits per heavy atom. The van der Waals surface area contributed by atoms with Crippen LogP contribution in [0.15, 0.2) is 12.1 Å². The number of ketones is 1. The Hall–Kier alpha value is -1.55. The number of carbonyl (C=O) groups excluding carboxylic acids is 1. The van der Waals surface area contributed by atoms with E-state index in [4.69, 9.17) is 9.47 Å². The molecule has 1 aromatic carbocycles. The first-order valence-electron chi connectivity index (χ1n) is 7.89. The van der Waals surface area contributed by atoms with Gasteiger partial charge in [0.1, 0.15) is 0 Å². The van der Waals surface area contributed by atoms with Gasteiger partial charge in [0.05, 0.1) is 7.11 Å². The van der Waals surface area contributed by atoms with Gasteiger partial charge in [-0.25, -0.2) is 0 Å². The predicted molar refractivity (Wildman–Crippen MR) is 76.9 cm³/mol. The van der Waals surface area contributed by atoms with E-state index in [1.165, 1.54) is 11.1 Å². The van der Waals surface area contributed by atoms with Crippen LogP contribution in [-0.2, 0) is 16.6 Å². The highest BCUT2D eigenvalue weighted by molar-refractivity contribution is 5.89. The number of hydrogen-bond acceptors (Lipinski definition) is 4. The first-order valence-corrected chi connectivity index (χ1v) is 7.89. The van der Waals surface area contributed by atoms with Gasteiger partial charge in [-0.05, 0) is 43.4 Å². The number of methoxy groups -OCH3 is 1. The predicted octanol–water partition coefficient (Wildman–Crippen LogP) is 1.59. The molecule has 1 N–H and O–H groups in total. The summed E-state index contributed by atoms with van der Waals surface area (Å²) in [7, 11) is 1.68. The highest BCUT2D eigenvalue weighted by Crippen LogP contribution is 2.61. The van der Waals surface area contributed by atoms with Gasteiger partial charge in [0.25, 0.3) is 0 Å². The van der Waals surface area contributed by atoms with E-state index in [-0.39, 0.29) is 17.3 Å². The number of Topliss-reactive ketones (excluding diaryl/α,β-unsaturated/α-hetero) is 1. The average molecular weight is 285 g/mol. The normalized spacial score (nSPS) is 38.7. The number of rotatable bonds is 1. The molecule has 2 heterocycles. The van der Waals surface area contributed by atoms with Crippen molar-refractivity contribution in [1.82, 2.24) is 5.32 Å². The third-order valence-electron chi connectivity index (χ3n) is 6.12. The minimum absolute atomic E-state index is 0.0945. The summed E-state index contributed by atoms with van der Waals surface area (Å²) in [4.78, 5) is 12.5. The van der Waals surface area contributed by atoms with Crippen LogP contribution in [0.1, 0.15) is 30.4 Å². The van der Waals surface area contributed by atoms with Crippen LogP contribution in [0.4, 0.5) is 0 Å². The Labute approximate surface area is 123 Å². The second kappa shape index (κ2) is 3.80. The molecular formula is C17H19NO3. The van der Waals surface area contributed by atoms with Crippen molar-refractivity contribution in [3.63, 3.8) is 0 Å². The fourth-order valence-electron chi connectivity index (χ4n) is 5.40. The smallest absolute Gasteiger partial charge is 0.174 e. The van der Waals surface area contributed by atoms with Crippen molar-refractivity contribution < 1.29 is 14.3 Å². The Morgan fingerprint density at radius 3 is 3.19 bits per heavy atom. The Morgan fingerprint density at radius 2 is 2.33 bits per heavy atom. The first kappa shape index (κ1) is 12.0. The molecule has 4 heteroatoms. The van der Waals surface area contributed by atoms with Crippen LogP contribution < -0.4 is 14.8 Å². The monoisotopic (exact) mass is 285 g/mol. The van der Waals surface area contributed by atoms with E-state index in [0.717, 1.165) is 37.3 Å². The van der Waals surface area contributed by atoms with E-state index in [0.29, 0.717) is 18.4 Å².